The summed E-state index contributed by atoms with van der Waals surface area (Å²) in [6, 6.07) is 0. The molecular weight excluding hydrogens is 544 g/mol. The second kappa shape index (κ2) is 35.1. The van der Waals surface area contributed by atoms with Crippen LogP contribution in [0.15, 0.2) is 60.8 Å². The fourth-order valence-corrected chi connectivity index (χ4v) is 5.03. The largest absolute Gasteiger partial charge is 0.481 e. The van der Waals surface area contributed by atoms with Gasteiger partial charge in [0.05, 0.1) is 0 Å². The van der Waals surface area contributed by atoms with Crippen LogP contribution in [0.2, 0.25) is 0 Å². The minimum absolute atomic E-state index is 0.0865. The van der Waals surface area contributed by atoms with E-state index in [2.05, 4.69) is 74.6 Å². The number of carbonyl (C=O) groups is 2. The molecule has 0 aromatic rings. The molecule has 0 fully saturated rings. The number of carbonyl (C=O) groups excluding carboxylic acids is 1. The van der Waals surface area contributed by atoms with Gasteiger partial charge in [0.15, 0.2) is 0 Å². The number of hydrogen-bond acceptors (Lipinski definition) is 3. The third kappa shape index (κ3) is 34.1. The van der Waals surface area contributed by atoms with E-state index in [1.54, 1.807) is 0 Å². The number of carboxylic acids is 1. The summed E-state index contributed by atoms with van der Waals surface area (Å²) in [6.45, 7) is 4.41. The average molecular weight is 613 g/mol. The highest BCUT2D eigenvalue weighted by Gasteiger charge is 2.11. The lowest BCUT2D eigenvalue weighted by atomic mass is 10.1. The molecule has 0 heterocycles. The number of aliphatic carboxylic acids is 1. The standard InChI is InChI=1S/C40H68O4/c1-3-5-7-9-11-13-15-16-17-18-20-22-24-29-33-37-40(43)44-38(35-31-27-25-28-32-36-39(41)42)34-30-26-23-21-19-14-12-10-8-6-4-2/h6,8,12,14,16-17,21,23,30,34,38H,3-5,7,9-11,13,15,18-20,22,24-29,31-33,35-37H2,1-2H3,(H,41,42)/b8-6-,14-12-,17-16-,23-21-,34-30-. The lowest BCUT2D eigenvalue weighted by molar-refractivity contribution is -0.147. The van der Waals surface area contributed by atoms with Crippen molar-refractivity contribution < 1.29 is 19.4 Å². The smallest absolute Gasteiger partial charge is 0.306 e. The Morgan fingerprint density at radius 1 is 0.545 bits per heavy atom. The van der Waals surface area contributed by atoms with Crippen molar-refractivity contribution >= 4 is 11.9 Å². The van der Waals surface area contributed by atoms with E-state index in [1.165, 1.54) is 70.6 Å². The van der Waals surface area contributed by atoms with Gasteiger partial charge in [-0.1, -0.05) is 139 Å². The lowest BCUT2D eigenvalue weighted by Crippen LogP contribution is -2.16. The predicted molar refractivity (Wildman–Crippen MR) is 190 cm³/mol. The van der Waals surface area contributed by atoms with Crippen molar-refractivity contribution in [2.45, 2.75) is 180 Å². The van der Waals surface area contributed by atoms with Crippen LogP contribution in [0.3, 0.4) is 0 Å². The fourth-order valence-electron chi connectivity index (χ4n) is 5.03. The summed E-state index contributed by atoms with van der Waals surface area (Å²) in [4.78, 5) is 23.3. The minimum atomic E-state index is -0.720. The molecule has 0 bridgehead atoms. The molecule has 44 heavy (non-hydrogen) atoms. The van der Waals surface area contributed by atoms with Crippen molar-refractivity contribution in [1.82, 2.24) is 0 Å². The van der Waals surface area contributed by atoms with E-state index in [1.807, 2.05) is 0 Å². The molecule has 0 aromatic carbocycles. The highest BCUT2D eigenvalue weighted by Crippen LogP contribution is 2.15. The lowest BCUT2D eigenvalue weighted by Gasteiger charge is -2.14. The van der Waals surface area contributed by atoms with Gasteiger partial charge in [0.1, 0.15) is 6.10 Å². The fraction of sp³-hybridized carbons (Fsp3) is 0.700. The quantitative estimate of drug-likeness (QED) is 0.0466. The summed E-state index contributed by atoms with van der Waals surface area (Å²) in [5, 5.41) is 8.79. The Hall–Kier alpha value is -2.36. The first-order valence-electron chi connectivity index (χ1n) is 18.3. The highest BCUT2D eigenvalue weighted by molar-refractivity contribution is 5.69. The molecule has 0 amide bonds. The van der Waals surface area contributed by atoms with E-state index < -0.39 is 5.97 Å². The molecule has 0 aliphatic carbocycles. The molecule has 0 aliphatic rings. The van der Waals surface area contributed by atoms with Crippen molar-refractivity contribution in [2.75, 3.05) is 0 Å². The van der Waals surface area contributed by atoms with Crippen LogP contribution in [0.5, 0.6) is 0 Å². The van der Waals surface area contributed by atoms with Crippen molar-refractivity contribution in [3.05, 3.63) is 60.8 Å². The Labute approximate surface area is 272 Å². The molecule has 0 spiro atoms. The summed E-state index contributed by atoms with van der Waals surface area (Å²) < 4.78 is 5.87. The number of carboxylic acid groups (broad SMARTS) is 1. The second-order valence-electron chi connectivity index (χ2n) is 12.0. The highest BCUT2D eigenvalue weighted by atomic mass is 16.5. The van der Waals surface area contributed by atoms with E-state index in [4.69, 9.17) is 9.84 Å². The van der Waals surface area contributed by atoms with Crippen LogP contribution < -0.4 is 0 Å². The molecule has 1 unspecified atom stereocenters. The summed E-state index contributed by atoms with van der Waals surface area (Å²) >= 11 is 0. The van der Waals surface area contributed by atoms with Gasteiger partial charge in [-0.2, -0.15) is 0 Å². The Bertz CT molecular complexity index is 789. The zero-order valence-electron chi connectivity index (χ0n) is 28.7. The molecule has 1 atom stereocenters. The summed E-state index contributed by atoms with van der Waals surface area (Å²) in [7, 11) is 0. The molecule has 0 rings (SSSR count). The molecule has 0 radical (unpaired) electrons. The summed E-state index contributed by atoms with van der Waals surface area (Å²) in [6.07, 6.45) is 48.1. The number of esters is 1. The van der Waals surface area contributed by atoms with E-state index in [9.17, 15) is 9.59 Å². The molecule has 1 N–H and O–H groups in total. The third-order valence-corrected chi connectivity index (χ3v) is 7.71. The maximum Gasteiger partial charge on any atom is 0.306 e. The van der Waals surface area contributed by atoms with Crippen LogP contribution in [-0.2, 0) is 14.3 Å². The summed E-state index contributed by atoms with van der Waals surface area (Å²) in [5.41, 5.74) is 0. The van der Waals surface area contributed by atoms with Gasteiger partial charge < -0.3 is 9.84 Å². The van der Waals surface area contributed by atoms with Crippen LogP contribution in [0.1, 0.15) is 174 Å². The Morgan fingerprint density at radius 3 is 1.59 bits per heavy atom. The number of unbranched alkanes of at least 4 members (excludes halogenated alkanes) is 15. The number of rotatable bonds is 32. The number of ether oxygens (including phenoxy) is 1. The van der Waals surface area contributed by atoms with Crippen LogP contribution in [0.25, 0.3) is 0 Å². The van der Waals surface area contributed by atoms with Crippen LogP contribution >= 0.6 is 0 Å². The van der Waals surface area contributed by atoms with Crippen molar-refractivity contribution in [2.24, 2.45) is 0 Å². The normalized spacial score (nSPS) is 13.0. The number of allylic oxidation sites excluding steroid dienone is 9. The molecule has 0 saturated heterocycles. The minimum Gasteiger partial charge on any atom is -0.481 e. The van der Waals surface area contributed by atoms with Gasteiger partial charge in [0.25, 0.3) is 0 Å². The zero-order chi connectivity index (χ0) is 32.2. The Morgan fingerprint density at radius 2 is 1.02 bits per heavy atom. The van der Waals surface area contributed by atoms with Gasteiger partial charge in [-0.3, -0.25) is 9.59 Å². The van der Waals surface area contributed by atoms with E-state index in [0.29, 0.717) is 6.42 Å². The van der Waals surface area contributed by atoms with E-state index in [0.717, 1.165) is 77.0 Å². The first-order valence-corrected chi connectivity index (χ1v) is 18.3. The monoisotopic (exact) mass is 613 g/mol. The van der Waals surface area contributed by atoms with Crippen LogP contribution in [0, 0.1) is 0 Å². The van der Waals surface area contributed by atoms with Crippen LogP contribution in [0.4, 0.5) is 0 Å². The SMILES string of the molecule is CC/C=C\C/C=C\C/C=C\C/C=C\C(CCCCCCCC(=O)O)OC(=O)CCCCCCC/C=C\CCCCCCCC. The van der Waals surface area contributed by atoms with Crippen LogP contribution in [-0.4, -0.2) is 23.1 Å². The first kappa shape index (κ1) is 41.6. The Kier molecular flexibility index (Phi) is 33.2. The Balaban J connectivity index is 4.21. The molecule has 0 saturated carbocycles. The first-order chi connectivity index (χ1) is 21.6. The second-order valence-corrected chi connectivity index (χ2v) is 12.0. The van der Waals surface area contributed by atoms with Gasteiger partial charge in [-0.15, -0.1) is 0 Å². The van der Waals surface area contributed by atoms with Gasteiger partial charge in [0, 0.05) is 12.8 Å². The van der Waals surface area contributed by atoms with E-state index >= 15 is 0 Å². The van der Waals surface area contributed by atoms with Gasteiger partial charge in [0.2, 0.25) is 0 Å². The van der Waals surface area contributed by atoms with Gasteiger partial charge in [-0.25, -0.2) is 0 Å². The maximum atomic E-state index is 12.6. The van der Waals surface area contributed by atoms with Gasteiger partial charge in [-0.05, 0) is 83.1 Å². The molecule has 4 nitrogen and oxygen atoms in total. The zero-order valence-corrected chi connectivity index (χ0v) is 28.7. The molecular formula is C40H68O4. The average Bonchev–Trinajstić information content (AvgIpc) is 3.00. The summed E-state index contributed by atoms with van der Waals surface area (Å²) in [5.74, 6) is -0.806. The van der Waals surface area contributed by atoms with Crippen molar-refractivity contribution in [3.8, 4) is 0 Å². The number of hydrogen-bond donors (Lipinski definition) is 1. The molecule has 0 aliphatic heterocycles. The molecule has 0 aromatic heterocycles. The third-order valence-electron chi connectivity index (χ3n) is 7.71. The predicted octanol–water partition coefficient (Wildman–Crippen LogP) is 12.6. The maximum absolute atomic E-state index is 12.6. The van der Waals surface area contributed by atoms with E-state index in [-0.39, 0.29) is 18.5 Å². The molecule has 4 heteroatoms. The van der Waals surface area contributed by atoms with Gasteiger partial charge >= 0.3 is 11.9 Å². The topological polar surface area (TPSA) is 63.6 Å². The molecule has 252 valence electrons. The van der Waals surface area contributed by atoms with Crippen molar-refractivity contribution in [1.29, 1.82) is 0 Å². The van der Waals surface area contributed by atoms with Crippen molar-refractivity contribution in [3.63, 3.8) is 0 Å².